The van der Waals surface area contributed by atoms with Crippen LogP contribution in [-0.2, 0) is 0 Å². The molecule has 1 fully saturated rings. The molecule has 0 bridgehead atoms. The minimum Gasteiger partial charge on any atom is -0.497 e. The summed E-state index contributed by atoms with van der Waals surface area (Å²) in [4.78, 5) is 10.5. The molecule has 0 aromatic heterocycles. The average Bonchev–Trinajstić information content (AvgIpc) is 2.64. The van der Waals surface area contributed by atoms with E-state index in [0.29, 0.717) is 18.6 Å². The zero-order chi connectivity index (χ0) is 14.5. The van der Waals surface area contributed by atoms with E-state index >= 15 is 0 Å². The number of nitrogens with zero attached hydrogens (tertiary/aromatic N) is 1. The topological polar surface area (TPSA) is 81.8 Å². The van der Waals surface area contributed by atoms with Crippen LogP contribution in [0.2, 0.25) is 0 Å². The fourth-order valence-electron chi connectivity index (χ4n) is 2.42. The van der Waals surface area contributed by atoms with Crippen molar-refractivity contribution in [1.29, 1.82) is 0 Å². The standard InChI is InChI=1S/C14H19NO5/c1-19-10-7-8-11(15(17)18)14(9-10)20-13-6-4-2-3-5-12(13)16/h7-9,12-13,16H,2-6H2,1H3. The molecule has 1 N–H and O–H groups in total. The van der Waals surface area contributed by atoms with E-state index in [1.807, 2.05) is 0 Å². The van der Waals surface area contributed by atoms with Crippen molar-refractivity contribution in [2.45, 2.75) is 44.3 Å². The van der Waals surface area contributed by atoms with Crippen molar-refractivity contribution in [2.75, 3.05) is 7.11 Å². The molecule has 0 radical (unpaired) electrons. The van der Waals surface area contributed by atoms with Crippen molar-refractivity contribution >= 4 is 5.69 Å². The fraction of sp³-hybridized carbons (Fsp3) is 0.571. The Hall–Kier alpha value is -1.82. The van der Waals surface area contributed by atoms with Crippen LogP contribution in [0.25, 0.3) is 0 Å². The molecule has 0 aliphatic heterocycles. The molecule has 110 valence electrons. The highest BCUT2D eigenvalue weighted by Gasteiger charge is 2.26. The van der Waals surface area contributed by atoms with Gasteiger partial charge in [-0.15, -0.1) is 0 Å². The number of rotatable bonds is 4. The molecule has 2 rings (SSSR count). The molecule has 2 unspecified atom stereocenters. The van der Waals surface area contributed by atoms with Gasteiger partial charge in [-0.25, -0.2) is 0 Å². The summed E-state index contributed by atoms with van der Waals surface area (Å²) in [5, 5.41) is 21.1. The number of aliphatic hydroxyl groups excluding tert-OH is 1. The Morgan fingerprint density at radius 3 is 2.75 bits per heavy atom. The van der Waals surface area contributed by atoms with E-state index in [1.165, 1.54) is 25.3 Å². The molecule has 6 nitrogen and oxygen atoms in total. The third-order valence-electron chi connectivity index (χ3n) is 3.56. The number of nitro groups is 1. The maximum atomic E-state index is 11.0. The number of ether oxygens (including phenoxy) is 2. The second kappa shape index (κ2) is 6.56. The molecule has 0 amide bonds. The number of benzene rings is 1. The van der Waals surface area contributed by atoms with Crippen LogP contribution in [0.1, 0.15) is 32.1 Å². The summed E-state index contributed by atoms with van der Waals surface area (Å²) in [6.45, 7) is 0. The van der Waals surface area contributed by atoms with E-state index in [0.717, 1.165) is 19.3 Å². The molecule has 1 saturated carbocycles. The summed E-state index contributed by atoms with van der Waals surface area (Å²) in [7, 11) is 1.49. The van der Waals surface area contributed by atoms with Crippen LogP contribution in [0, 0.1) is 10.1 Å². The second-order valence-electron chi connectivity index (χ2n) is 4.95. The number of methoxy groups -OCH3 is 1. The van der Waals surface area contributed by atoms with Crippen LogP contribution >= 0.6 is 0 Å². The predicted octanol–water partition coefficient (Wildman–Crippen LogP) is 2.68. The largest absolute Gasteiger partial charge is 0.497 e. The minimum absolute atomic E-state index is 0.109. The van der Waals surface area contributed by atoms with Crippen molar-refractivity contribution in [2.24, 2.45) is 0 Å². The first-order valence-electron chi connectivity index (χ1n) is 6.79. The molecule has 0 saturated heterocycles. The van der Waals surface area contributed by atoms with Gasteiger partial charge >= 0.3 is 5.69 Å². The van der Waals surface area contributed by atoms with Gasteiger partial charge in [-0.3, -0.25) is 10.1 Å². The monoisotopic (exact) mass is 281 g/mol. The Labute approximate surface area is 117 Å². The molecule has 2 atom stereocenters. The van der Waals surface area contributed by atoms with E-state index in [-0.39, 0.29) is 11.4 Å². The predicted molar refractivity (Wildman–Crippen MR) is 73.2 cm³/mol. The summed E-state index contributed by atoms with van der Waals surface area (Å²) in [6.07, 6.45) is 3.36. The average molecular weight is 281 g/mol. The van der Waals surface area contributed by atoms with Crippen molar-refractivity contribution in [1.82, 2.24) is 0 Å². The first-order valence-corrected chi connectivity index (χ1v) is 6.79. The highest BCUT2D eigenvalue weighted by molar-refractivity contribution is 5.50. The third kappa shape index (κ3) is 3.39. The smallest absolute Gasteiger partial charge is 0.311 e. The Morgan fingerprint density at radius 1 is 1.30 bits per heavy atom. The van der Waals surface area contributed by atoms with Gasteiger partial charge in [-0.05, 0) is 25.3 Å². The van der Waals surface area contributed by atoms with E-state index in [2.05, 4.69) is 0 Å². The van der Waals surface area contributed by atoms with Crippen LogP contribution in [0.5, 0.6) is 11.5 Å². The first-order chi connectivity index (χ1) is 9.61. The molecule has 1 aliphatic carbocycles. The number of hydrogen-bond donors (Lipinski definition) is 1. The molecule has 0 heterocycles. The van der Waals surface area contributed by atoms with Crippen molar-refractivity contribution in [3.8, 4) is 11.5 Å². The Bertz CT molecular complexity index is 477. The van der Waals surface area contributed by atoms with Crippen LogP contribution in [0.4, 0.5) is 5.69 Å². The highest BCUT2D eigenvalue weighted by Crippen LogP contribution is 2.33. The van der Waals surface area contributed by atoms with Gasteiger partial charge in [0.05, 0.1) is 18.1 Å². The van der Waals surface area contributed by atoms with E-state index in [4.69, 9.17) is 9.47 Å². The summed E-state index contributed by atoms with van der Waals surface area (Å²) in [6, 6.07) is 4.38. The van der Waals surface area contributed by atoms with Crippen LogP contribution in [-0.4, -0.2) is 29.3 Å². The third-order valence-corrected chi connectivity index (χ3v) is 3.56. The van der Waals surface area contributed by atoms with Gasteiger partial charge in [0.2, 0.25) is 5.75 Å². The maximum absolute atomic E-state index is 11.0. The molecule has 1 aliphatic rings. The number of hydrogen-bond acceptors (Lipinski definition) is 5. The van der Waals surface area contributed by atoms with Gasteiger partial charge in [-0.2, -0.15) is 0 Å². The lowest BCUT2D eigenvalue weighted by molar-refractivity contribution is -0.386. The highest BCUT2D eigenvalue weighted by atomic mass is 16.6. The Morgan fingerprint density at radius 2 is 2.05 bits per heavy atom. The van der Waals surface area contributed by atoms with Gasteiger partial charge in [0, 0.05) is 12.1 Å². The van der Waals surface area contributed by atoms with Gasteiger partial charge in [0.25, 0.3) is 0 Å². The zero-order valence-electron chi connectivity index (χ0n) is 11.4. The van der Waals surface area contributed by atoms with E-state index in [9.17, 15) is 15.2 Å². The van der Waals surface area contributed by atoms with Crippen LogP contribution in [0.3, 0.4) is 0 Å². The van der Waals surface area contributed by atoms with Crippen LogP contribution in [0.15, 0.2) is 18.2 Å². The van der Waals surface area contributed by atoms with Gasteiger partial charge in [0.1, 0.15) is 11.9 Å². The number of nitro benzene ring substituents is 1. The van der Waals surface area contributed by atoms with Gasteiger partial charge in [-0.1, -0.05) is 12.8 Å². The lowest BCUT2D eigenvalue weighted by Crippen LogP contribution is -2.30. The van der Waals surface area contributed by atoms with Crippen molar-refractivity contribution in [3.05, 3.63) is 28.3 Å². The Balaban J connectivity index is 2.23. The summed E-state index contributed by atoms with van der Waals surface area (Å²) < 4.78 is 10.8. The van der Waals surface area contributed by atoms with E-state index < -0.39 is 17.1 Å². The van der Waals surface area contributed by atoms with Crippen LogP contribution < -0.4 is 9.47 Å². The summed E-state index contributed by atoms with van der Waals surface area (Å²) in [5.41, 5.74) is -0.109. The molecular formula is C14H19NO5. The first kappa shape index (κ1) is 14.6. The summed E-state index contributed by atoms with van der Waals surface area (Å²) >= 11 is 0. The molecule has 0 spiro atoms. The normalized spacial score (nSPS) is 22.9. The van der Waals surface area contributed by atoms with Crippen molar-refractivity contribution < 1.29 is 19.5 Å². The minimum atomic E-state index is -0.580. The quantitative estimate of drug-likeness (QED) is 0.521. The SMILES string of the molecule is COc1ccc([N+](=O)[O-])c(OC2CCCCCC2O)c1. The fourth-order valence-corrected chi connectivity index (χ4v) is 2.42. The number of aliphatic hydroxyl groups is 1. The Kier molecular flexibility index (Phi) is 4.79. The zero-order valence-corrected chi connectivity index (χ0v) is 11.4. The molecular weight excluding hydrogens is 262 g/mol. The lowest BCUT2D eigenvalue weighted by Gasteiger charge is -2.22. The van der Waals surface area contributed by atoms with E-state index in [1.54, 1.807) is 0 Å². The van der Waals surface area contributed by atoms with Crippen molar-refractivity contribution in [3.63, 3.8) is 0 Å². The molecule has 20 heavy (non-hydrogen) atoms. The second-order valence-corrected chi connectivity index (χ2v) is 4.95. The van der Waals surface area contributed by atoms with Gasteiger partial charge in [0.15, 0.2) is 0 Å². The molecule has 6 heteroatoms. The maximum Gasteiger partial charge on any atom is 0.311 e. The lowest BCUT2D eigenvalue weighted by atomic mass is 10.1. The molecule has 1 aromatic rings. The molecule has 1 aromatic carbocycles. The van der Waals surface area contributed by atoms with Gasteiger partial charge < -0.3 is 14.6 Å². The summed E-state index contributed by atoms with van der Waals surface area (Å²) in [5.74, 6) is 0.647.